The normalized spacial score (nSPS) is 15.6. The van der Waals surface area contributed by atoms with Crippen LogP contribution in [0.1, 0.15) is 28.8 Å². The van der Waals surface area contributed by atoms with E-state index in [1.807, 2.05) is 30.3 Å². The van der Waals surface area contributed by atoms with Gasteiger partial charge in [-0.15, -0.1) is 0 Å². The Labute approximate surface area is 170 Å². The summed E-state index contributed by atoms with van der Waals surface area (Å²) in [6, 6.07) is 13.5. The highest BCUT2D eigenvalue weighted by atomic mass is 35.5. The van der Waals surface area contributed by atoms with Crippen molar-refractivity contribution < 1.29 is 17.9 Å². The zero-order chi connectivity index (χ0) is 20.1. The van der Waals surface area contributed by atoms with Crippen molar-refractivity contribution in [3.63, 3.8) is 0 Å². The summed E-state index contributed by atoms with van der Waals surface area (Å²) in [5, 5.41) is 0.0789. The van der Waals surface area contributed by atoms with Gasteiger partial charge >= 0.3 is 0 Å². The molecule has 0 unspecified atom stereocenters. The number of ether oxygens (including phenoxy) is 1. The molecular formula is C20H23ClN2O4S. The van der Waals surface area contributed by atoms with Gasteiger partial charge in [-0.3, -0.25) is 4.79 Å². The first-order valence-corrected chi connectivity index (χ1v) is 10.9. The molecule has 2 aromatic carbocycles. The maximum atomic E-state index is 12.8. The summed E-state index contributed by atoms with van der Waals surface area (Å²) in [5.41, 5.74) is 1.13. The quantitative estimate of drug-likeness (QED) is 0.776. The van der Waals surface area contributed by atoms with Gasteiger partial charge in [-0.25, -0.2) is 13.1 Å². The summed E-state index contributed by atoms with van der Waals surface area (Å²) >= 11 is 6.13. The Bertz CT molecular complexity index is 926. The number of rotatable bonds is 6. The highest BCUT2D eigenvalue weighted by Crippen LogP contribution is 2.24. The van der Waals surface area contributed by atoms with Crippen LogP contribution in [0.15, 0.2) is 53.4 Å². The minimum atomic E-state index is -3.86. The molecule has 0 spiro atoms. The van der Waals surface area contributed by atoms with Crippen molar-refractivity contribution in [1.82, 2.24) is 9.62 Å². The fourth-order valence-corrected chi connectivity index (χ4v) is 4.71. The molecule has 1 aliphatic heterocycles. The van der Waals surface area contributed by atoms with E-state index < -0.39 is 10.0 Å². The van der Waals surface area contributed by atoms with Gasteiger partial charge < -0.3 is 9.64 Å². The first kappa shape index (κ1) is 20.8. The zero-order valence-corrected chi connectivity index (χ0v) is 17.2. The fraction of sp³-hybridized carbons (Fsp3) is 0.350. The van der Waals surface area contributed by atoms with Gasteiger partial charge in [0, 0.05) is 32.3 Å². The van der Waals surface area contributed by atoms with Gasteiger partial charge in [-0.2, -0.15) is 0 Å². The Kier molecular flexibility index (Phi) is 6.72. The van der Waals surface area contributed by atoms with E-state index in [1.54, 1.807) is 18.1 Å². The maximum Gasteiger partial charge on any atom is 0.253 e. The Morgan fingerprint density at radius 1 is 1.18 bits per heavy atom. The Morgan fingerprint density at radius 3 is 2.50 bits per heavy atom. The van der Waals surface area contributed by atoms with Crippen molar-refractivity contribution in [3.8, 4) is 0 Å². The van der Waals surface area contributed by atoms with E-state index in [-0.39, 0.29) is 28.5 Å². The van der Waals surface area contributed by atoms with Crippen molar-refractivity contribution in [2.75, 3.05) is 20.2 Å². The molecule has 1 amide bonds. The fourth-order valence-electron chi connectivity index (χ4n) is 3.17. The Morgan fingerprint density at radius 2 is 1.86 bits per heavy atom. The van der Waals surface area contributed by atoms with E-state index in [2.05, 4.69) is 4.72 Å². The molecule has 2 aromatic rings. The predicted octanol–water partition coefficient (Wildman–Crippen LogP) is 3.07. The van der Waals surface area contributed by atoms with Crippen LogP contribution >= 0.6 is 11.6 Å². The lowest BCUT2D eigenvalue weighted by atomic mass is 10.1. The van der Waals surface area contributed by atoms with Crippen LogP contribution in [-0.2, 0) is 21.3 Å². The molecule has 1 aliphatic rings. The van der Waals surface area contributed by atoms with E-state index in [1.165, 1.54) is 12.1 Å². The van der Waals surface area contributed by atoms with Crippen molar-refractivity contribution in [2.24, 2.45) is 0 Å². The van der Waals surface area contributed by atoms with E-state index in [0.29, 0.717) is 18.7 Å². The largest absolute Gasteiger partial charge is 0.381 e. The molecule has 1 saturated heterocycles. The first-order chi connectivity index (χ1) is 13.4. The third-order valence-electron chi connectivity index (χ3n) is 4.84. The number of likely N-dealkylation sites (tertiary alicyclic amines) is 1. The SMILES string of the molecule is COC1CCN(C(=O)c2ccc(Cl)c(S(=O)(=O)NCc3ccccc3)c2)CC1. The minimum absolute atomic E-state index is 0.0789. The van der Waals surface area contributed by atoms with Gasteiger partial charge in [-0.1, -0.05) is 41.9 Å². The van der Waals surface area contributed by atoms with E-state index >= 15 is 0 Å². The lowest BCUT2D eigenvalue weighted by molar-refractivity contribution is 0.0350. The molecule has 3 rings (SSSR count). The molecular weight excluding hydrogens is 400 g/mol. The number of sulfonamides is 1. The van der Waals surface area contributed by atoms with Gasteiger partial charge in [-0.05, 0) is 36.6 Å². The second-order valence-corrected chi connectivity index (χ2v) is 8.83. The van der Waals surface area contributed by atoms with Crippen LogP contribution < -0.4 is 4.72 Å². The summed E-state index contributed by atoms with van der Waals surface area (Å²) in [6.45, 7) is 1.30. The molecule has 0 aromatic heterocycles. The molecule has 0 radical (unpaired) electrons. The van der Waals surface area contributed by atoms with E-state index in [0.717, 1.165) is 18.4 Å². The van der Waals surface area contributed by atoms with Gasteiger partial charge in [0.1, 0.15) is 4.90 Å². The molecule has 0 saturated carbocycles. The third-order valence-corrected chi connectivity index (χ3v) is 6.72. The molecule has 0 bridgehead atoms. The number of methoxy groups -OCH3 is 1. The van der Waals surface area contributed by atoms with Crippen LogP contribution in [0, 0.1) is 0 Å². The number of nitrogens with zero attached hydrogens (tertiary/aromatic N) is 1. The lowest BCUT2D eigenvalue weighted by Gasteiger charge is -2.31. The third kappa shape index (κ3) is 4.91. The van der Waals surface area contributed by atoms with Gasteiger partial charge in [0.25, 0.3) is 5.91 Å². The number of amides is 1. The molecule has 6 nitrogen and oxygen atoms in total. The average molecular weight is 423 g/mol. The highest BCUT2D eigenvalue weighted by molar-refractivity contribution is 7.89. The average Bonchev–Trinajstić information content (AvgIpc) is 2.73. The number of halogens is 1. The van der Waals surface area contributed by atoms with Crippen LogP contribution in [0.4, 0.5) is 0 Å². The summed E-state index contributed by atoms with van der Waals surface area (Å²) in [4.78, 5) is 14.4. The lowest BCUT2D eigenvalue weighted by Crippen LogP contribution is -2.40. The van der Waals surface area contributed by atoms with Crippen LogP contribution in [0.5, 0.6) is 0 Å². The molecule has 1 N–H and O–H groups in total. The molecule has 1 fully saturated rings. The summed E-state index contributed by atoms with van der Waals surface area (Å²) in [5.74, 6) is -0.203. The predicted molar refractivity (Wildman–Crippen MR) is 108 cm³/mol. The summed E-state index contributed by atoms with van der Waals surface area (Å²) in [7, 11) is -2.19. The standard InChI is InChI=1S/C20H23ClN2O4S/c1-27-17-9-11-23(12-10-17)20(24)16-7-8-18(21)19(13-16)28(25,26)22-14-15-5-3-2-4-6-15/h2-8,13,17,22H,9-12,14H2,1H3. The Hall–Kier alpha value is -1.93. The molecule has 1 heterocycles. The molecule has 0 aliphatic carbocycles. The first-order valence-electron chi connectivity index (χ1n) is 9.06. The second kappa shape index (κ2) is 9.05. The molecule has 28 heavy (non-hydrogen) atoms. The van der Waals surface area contributed by atoms with Gasteiger partial charge in [0.05, 0.1) is 11.1 Å². The van der Waals surface area contributed by atoms with Gasteiger partial charge in [0.2, 0.25) is 10.0 Å². The van der Waals surface area contributed by atoms with E-state index in [4.69, 9.17) is 16.3 Å². The molecule has 150 valence electrons. The second-order valence-electron chi connectivity index (χ2n) is 6.68. The number of hydrogen-bond acceptors (Lipinski definition) is 4. The van der Waals surface area contributed by atoms with Crippen molar-refractivity contribution in [1.29, 1.82) is 0 Å². The minimum Gasteiger partial charge on any atom is -0.381 e. The number of carbonyl (C=O) groups excluding carboxylic acids is 1. The molecule has 0 atom stereocenters. The smallest absolute Gasteiger partial charge is 0.253 e. The number of benzene rings is 2. The van der Waals surface area contributed by atoms with Crippen molar-refractivity contribution >= 4 is 27.5 Å². The molecule has 8 heteroatoms. The monoisotopic (exact) mass is 422 g/mol. The van der Waals surface area contributed by atoms with Crippen molar-refractivity contribution in [3.05, 3.63) is 64.7 Å². The van der Waals surface area contributed by atoms with Gasteiger partial charge in [0.15, 0.2) is 0 Å². The van der Waals surface area contributed by atoms with Crippen LogP contribution in [-0.4, -0.2) is 45.5 Å². The summed E-state index contributed by atoms with van der Waals surface area (Å²) in [6.07, 6.45) is 1.69. The number of nitrogens with one attached hydrogen (secondary N) is 1. The Balaban J connectivity index is 1.76. The topological polar surface area (TPSA) is 75.7 Å². The van der Waals surface area contributed by atoms with Crippen LogP contribution in [0.25, 0.3) is 0 Å². The number of hydrogen-bond donors (Lipinski definition) is 1. The number of piperidine rings is 1. The summed E-state index contributed by atoms with van der Waals surface area (Å²) < 4.78 is 33.3. The van der Waals surface area contributed by atoms with Crippen LogP contribution in [0.2, 0.25) is 5.02 Å². The zero-order valence-electron chi connectivity index (χ0n) is 15.6. The van der Waals surface area contributed by atoms with Crippen LogP contribution in [0.3, 0.4) is 0 Å². The maximum absolute atomic E-state index is 12.8. The van der Waals surface area contributed by atoms with E-state index in [9.17, 15) is 13.2 Å². The highest BCUT2D eigenvalue weighted by Gasteiger charge is 2.25. The van der Waals surface area contributed by atoms with Crippen molar-refractivity contribution in [2.45, 2.75) is 30.4 Å². The number of carbonyl (C=O) groups is 1.